The maximum Gasteiger partial charge on any atom is 0.304 e. The molecular weight excluding hydrogens is 212 g/mol. The molecule has 0 saturated heterocycles. The van der Waals surface area contributed by atoms with E-state index in [-0.39, 0.29) is 11.7 Å². The van der Waals surface area contributed by atoms with E-state index in [0.717, 1.165) is 17.1 Å². The molecule has 0 spiro atoms. The molecule has 4 nitrogen and oxygen atoms in total. The van der Waals surface area contributed by atoms with E-state index in [9.17, 15) is 4.79 Å². The molecule has 1 aromatic rings. The Balaban J connectivity index is 2.43. The fraction of sp³-hybridized carbons (Fsp3) is 0.600. The molecule has 5 heteroatoms. The second kappa shape index (κ2) is 5.21. The minimum Gasteiger partial charge on any atom is -0.481 e. The van der Waals surface area contributed by atoms with Crippen LogP contribution in [0.2, 0.25) is 0 Å². The summed E-state index contributed by atoms with van der Waals surface area (Å²) in [5.41, 5.74) is 2.13. The number of carboxylic acids is 1. The zero-order valence-corrected chi connectivity index (χ0v) is 10.0. The third kappa shape index (κ3) is 3.95. The van der Waals surface area contributed by atoms with Crippen LogP contribution in [0.5, 0.6) is 0 Å². The summed E-state index contributed by atoms with van der Waals surface area (Å²) in [7, 11) is 1.91. The Hall–Kier alpha value is -0.970. The molecule has 1 unspecified atom stereocenters. The van der Waals surface area contributed by atoms with Crippen molar-refractivity contribution < 1.29 is 9.90 Å². The average Bonchev–Trinajstić information content (AvgIpc) is 2.40. The number of carboxylic acid groups (broad SMARTS) is 1. The van der Waals surface area contributed by atoms with E-state index in [0.29, 0.717) is 0 Å². The molecule has 0 fully saturated rings. The quantitative estimate of drug-likeness (QED) is 0.835. The van der Waals surface area contributed by atoms with Crippen molar-refractivity contribution in [1.82, 2.24) is 9.78 Å². The molecule has 0 bridgehead atoms. The van der Waals surface area contributed by atoms with Gasteiger partial charge in [-0.25, -0.2) is 0 Å². The van der Waals surface area contributed by atoms with Crippen molar-refractivity contribution in [3.63, 3.8) is 0 Å². The lowest BCUT2D eigenvalue weighted by Crippen LogP contribution is -2.06. The van der Waals surface area contributed by atoms with Crippen LogP contribution in [0.15, 0.2) is 6.07 Å². The summed E-state index contributed by atoms with van der Waals surface area (Å²) >= 11 is 1.64. The van der Waals surface area contributed by atoms with Crippen LogP contribution in [0.3, 0.4) is 0 Å². The lowest BCUT2D eigenvalue weighted by molar-refractivity contribution is -0.136. The van der Waals surface area contributed by atoms with Crippen LogP contribution in [-0.2, 0) is 17.6 Å². The van der Waals surface area contributed by atoms with Crippen molar-refractivity contribution in [2.24, 2.45) is 7.05 Å². The molecule has 0 radical (unpaired) electrons. The highest BCUT2D eigenvalue weighted by atomic mass is 32.2. The molecule has 0 saturated carbocycles. The van der Waals surface area contributed by atoms with Gasteiger partial charge in [0, 0.05) is 23.7 Å². The van der Waals surface area contributed by atoms with E-state index in [1.54, 1.807) is 11.8 Å². The van der Waals surface area contributed by atoms with Crippen LogP contribution < -0.4 is 0 Å². The predicted octanol–water partition coefficient (Wildman–Crippen LogP) is 1.82. The van der Waals surface area contributed by atoms with Gasteiger partial charge in [0.1, 0.15) is 0 Å². The highest BCUT2D eigenvalue weighted by Crippen LogP contribution is 2.20. The lowest BCUT2D eigenvalue weighted by atomic mass is 10.3. The first-order valence-electron chi connectivity index (χ1n) is 4.82. The van der Waals surface area contributed by atoms with Gasteiger partial charge >= 0.3 is 5.97 Å². The number of hydrogen-bond donors (Lipinski definition) is 1. The summed E-state index contributed by atoms with van der Waals surface area (Å²) in [5, 5.41) is 13.0. The Labute approximate surface area is 93.7 Å². The smallest absolute Gasteiger partial charge is 0.304 e. The number of thioether (sulfide) groups is 1. The van der Waals surface area contributed by atoms with E-state index >= 15 is 0 Å². The molecule has 1 rings (SSSR count). The van der Waals surface area contributed by atoms with Gasteiger partial charge in [0.25, 0.3) is 0 Å². The first-order valence-corrected chi connectivity index (χ1v) is 5.87. The zero-order chi connectivity index (χ0) is 11.4. The van der Waals surface area contributed by atoms with Crippen LogP contribution >= 0.6 is 11.8 Å². The first-order chi connectivity index (χ1) is 6.99. The molecule has 15 heavy (non-hydrogen) atoms. The molecule has 0 aromatic carbocycles. The molecule has 84 valence electrons. The van der Waals surface area contributed by atoms with Gasteiger partial charge in [-0.05, 0) is 13.0 Å². The summed E-state index contributed by atoms with van der Waals surface area (Å²) in [6.07, 6.45) is 0.210. The van der Waals surface area contributed by atoms with Crippen LogP contribution in [0.25, 0.3) is 0 Å². The minimum atomic E-state index is -0.740. The summed E-state index contributed by atoms with van der Waals surface area (Å²) in [4.78, 5) is 10.5. The second-order valence-electron chi connectivity index (χ2n) is 3.62. The molecular formula is C10H16N2O2S. The van der Waals surface area contributed by atoms with Crippen molar-refractivity contribution in [3.8, 4) is 0 Å². The molecule has 1 heterocycles. The molecule has 0 aliphatic rings. The summed E-state index contributed by atoms with van der Waals surface area (Å²) < 4.78 is 1.84. The highest BCUT2D eigenvalue weighted by Gasteiger charge is 2.09. The van der Waals surface area contributed by atoms with Gasteiger partial charge < -0.3 is 5.11 Å². The van der Waals surface area contributed by atoms with E-state index in [1.807, 2.05) is 31.6 Å². The Bertz CT molecular complexity index is 349. The van der Waals surface area contributed by atoms with Crippen LogP contribution in [0.4, 0.5) is 0 Å². The summed E-state index contributed by atoms with van der Waals surface area (Å²) in [5.74, 6) is 0.0717. The van der Waals surface area contributed by atoms with Crippen LogP contribution in [-0.4, -0.2) is 26.1 Å². The fourth-order valence-electron chi connectivity index (χ4n) is 1.33. The Kier molecular flexibility index (Phi) is 4.20. The largest absolute Gasteiger partial charge is 0.481 e. The van der Waals surface area contributed by atoms with Gasteiger partial charge in [-0.3, -0.25) is 9.48 Å². The number of nitrogens with zero attached hydrogens (tertiary/aromatic N) is 2. The van der Waals surface area contributed by atoms with Crippen molar-refractivity contribution in [3.05, 3.63) is 17.5 Å². The number of carbonyl (C=O) groups is 1. The molecule has 1 N–H and O–H groups in total. The normalized spacial score (nSPS) is 12.7. The van der Waals surface area contributed by atoms with Crippen LogP contribution in [0.1, 0.15) is 24.7 Å². The SMILES string of the molecule is Cc1cc(CSC(C)CC(=O)O)n(C)n1. The van der Waals surface area contributed by atoms with E-state index < -0.39 is 5.97 Å². The molecule has 0 aliphatic carbocycles. The van der Waals surface area contributed by atoms with Crippen molar-refractivity contribution in [2.45, 2.75) is 31.3 Å². The van der Waals surface area contributed by atoms with Gasteiger partial charge in [0.2, 0.25) is 0 Å². The van der Waals surface area contributed by atoms with E-state index in [4.69, 9.17) is 5.11 Å². The van der Waals surface area contributed by atoms with Crippen molar-refractivity contribution in [1.29, 1.82) is 0 Å². The third-order valence-electron chi connectivity index (χ3n) is 2.08. The number of hydrogen-bond acceptors (Lipinski definition) is 3. The van der Waals surface area contributed by atoms with E-state index in [1.165, 1.54) is 0 Å². The first kappa shape index (κ1) is 12.1. The fourth-order valence-corrected chi connectivity index (χ4v) is 2.32. The van der Waals surface area contributed by atoms with Gasteiger partial charge in [0.05, 0.1) is 12.1 Å². The van der Waals surface area contributed by atoms with E-state index in [2.05, 4.69) is 5.10 Å². The third-order valence-corrected chi connectivity index (χ3v) is 3.27. The topological polar surface area (TPSA) is 55.1 Å². The number of aliphatic carboxylic acids is 1. The van der Waals surface area contributed by atoms with Gasteiger partial charge in [-0.1, -0.05) is 6.92 Å². The molecule has 0 aliphatic heterocycles. The lowest BCUT2D eigenvalue weighted by Gasteiger charge is -2.07. The molecule has 1 aromatic heterocycles. The summed E-state index contributed by atoms with van der Waals surface area (Å²) in [6, 6.07) is 2.03. The number of rotatable bonds is 5. The summed E-state index contributed by atoms with van der Waals surface area (Å²) in [6.45, 7) is 3.89. The van der Waals surface area contributed by atoms with Gasteiger partial charge in [0.15, 0.2) is 0 Å². The van der Waals surface area contributed by atoms with Gasteiger partial charge in [-0.2, -0.15) is 16.9 Å². The van der Waals surface area contributed by atoms with Crippen molar-refractivity contribution in [2.75, 3.05) is 0 Å². The van der Waals surface area contributed by atoms with Crippen molar-refractivity contribution >= 4 is 17.7 Å². The number of aryl methyl sites for hydroxylation is 2. The molecule has 1 atom stereocenters. The maximum absolute atomic E-state index is 10.5. The Morgan fingerprint density at radius 2 is 2.40 bits per heavy atom. The molecule has 0 amide bonds. The Morgan fingerprint density at radius 3 is 2.87 bits per heavy atom. The average molecular weight is 228 g/mol. The van der Waals surface area contributed by atoms with Crippen LogP contribution in [0, 0.1) is 6.92 Å². The maximum atomic E-state index is 10.5. The minimum absolute atomic E-state index is 0.137. The predicted molar refractivity (Wildman–Crippen MR) is 61.0 cm³/mol. The standard InChI is InChI=1S/C10H16N2O2S/c1-7-4-9(12(3)11-7)6-15-8(2)5-10(13)14/h4,8H,5-6H2,1-3H3,(H,13,14). The Morgan fingerprint density at radius 1 is 1.73 bits per heavy atom. The second-order valence-corrected chi connectivity index (χ2v) is 5.05. The monoisotopic (exact) mass is 228 g/mol. The highest BCUT2D eigenvalue weighted by molar-refractivity contribution is 7.99. The van der Waals surface area contributed by atoms with Gasteiger partial charge in [-0.15, -0.1) is 0 Å². The number of aromatic nitrogens is 2. The zero-order valence-electron chi connectivity index (χ0n) is 9.23.